The molecule has 2 aromatic rings. The lowest BCUT2D eigenvalue weighted by molar-refractivity contribution is 0.0339. The van der Waals surface area contributed by atoms with Gasteiger partial charge in [0.2, 0.25) is 0 Å². The van der Waals surface area contributed by atoms with E-state index in [1.54, 1.807) is 32.4 Å². The maximum atomic E-state index is 12.4. The van der Waals surface area contributed by atoms with Crippen LogP contribution in [0.25, 0.3) is 6.08 Å². The molecule has 0 aliphatic carbocycles. The van der Waals surface area contributed by atoms with Crippen molar-refractivity contribution in [3.63, 3.8) is 0 Å². The maximum Gasteiger partial charge on any atom is 0.185 e. The van der Waals surface area contributed by atoms with Crippen molar-refractivity contribution in [1.29, 1.82) is 0 Å². The van der Waals surface area contributed by atoms with Crippen molar-refractivity contribution in [3.8, 4) is 11.5 Å². The van der Waals surface area contributed by atoms with Crippen LogP contribution in [0.2, 0.25) is 0 Å². The van der Waals surface area contributed by atoms with Crippen LogP contribution in [-0.4, -0.2) is 51.2 Å². The van der Waals surface area contributed by atoms with Gasteiger partial charge in [-0.3, -0.25) is 9.69 Å². The summed E-state index contributed by atoms with van der Waals surface area (Å²) in [6.45, 7) is 4.15. The molecule has 1 aliphatic heterocycles. The number of allylic oxidation sites excluding steroid dienone is 1. The minimum atomic E-state index is -0.0561. The molecule has 3 rings (SSSR count). The molecule has 0 radical (unpaired) electrons. The van der Waals surface area contributed by atoms with Gasteiger partial charge in [0, 0.05) is 30.8 Å². The number of rotatable bonds is 7. The molecule has 1 aliphatic rings. The van der Waals surface area contributed by atoms with E-state index in [0.29, 0.717) is 11.3 Å². The third kappa shape index (κ3) is 5.18. The van der Waals surface area contributed by atoms with Crippen LogP contribution in [0.3, 0.4) is 0 Å². The predicted octanol–water partition coefficient (Wildman–Crippen LogP) is 3.43. The van der Waals surface area contributed by atoms with Crippen LogP contribution in [0.15, 0.2) is 48.5 Å². The van der Waals surface area contributed by atoms with Crippen molar-refractivity contribution in [3.05, 3.63) is 65.2 Å². The molecule has 5 nitrogen and oxygen atoms in total. The number of hydrogen-bond donors (Lipinski definition) is 0. The molecule has 0 unspecified atom stereocenters. The Morgan fingerprint density at radius 1 is 1.11 bits per heavy atom. The van der Waals surface area contributed by atoms with Gasteiger partial charge >= 0.3 is 0 Å². The number of morpholine rings is 1. The SMILES string of the molecule is COc1cccc(C(=O)/C=C/c2ccc(OC)c(CN3CCOCC3)c2)c1. The fourth-order valence-corrected chi connectivity index (χ4v) is 3.07. The number of carbonyl (C=O) groups excluding carboxylic acids is 1. The molecule has 1 heterocycles. The largest absolute Gasteiger partial charge is 0.497 e. The zero-order valence-corrected chi connectivity index (χ0v) is 15.8. The molecule has 2 aromatic carbocycles. The summed E-state index contributed by atoms with van der Waals surface area (Å²) >= 11 is 0. The highest BCUT2D eigenvalue weighted by Gasteiger charge is 2.13. The van der Waals surface area contributed by atoms with Crippen LogP contribution >= 0.6 is 0 Å². The van der Waals surface area contributed by atoms with Crippen molar-refractivity contribution in [1.82, 2.24) is 4.90 Å². The van der Waals surface area contributed by atoms with E-state index in [4.69, 9.17) is 14.2 Å². The molecule has 0 atom stereocenters. The Bertz CT molecular complexity index is 810. The van der Waals surface area contributed by atoms with Crippen LogP contribution in [0.1, 0.15) is 21.5 Å². The standard InChI is InChI=1S/C22H25NO4/c1-25-20-5-3-4-18(15-20)21(24)8-6-17-7-9-22(26-2)19(14-17)16-23-10-12-27-13-11-23/h3-9,14-15H,10-13,16H2,1-2H3/b8-6+. The fourth-order valence-electron chi connectivity index (χ4n) is 3.07. The Balaban J connectivity index is 1.74. The molecule has 142 valence electrons. The summed E-state index contributed by atoms with van der Waals surface area (Å²) in [5.74, 6) is 1.48. The number of methoxy groups -OCH3 is 2. The van der Waals surface area contributed by atoms with Crippen molar-refractivity contribution >= 4 is 11.9 Å². The highest BCUT2D eigenvalue weighted by atomic mass is 16.5. The van der Waals surface area contributed by atoms with Crippen molar-refractivity contribution in [2.75, 3.05) is 40.5 Å². The summed E-state index contributed by atoms with van der Waals surface area (Å²) in [7, 11) is 3.27. The summed E-state index contributed by atoms with van der Waals surface area (Å²) in [6, 6.07) is 13.1. The van der Waals surface area contributed by atoms with E-state index in [1.807, 2.05) is 30.3 Å². The smallest absolute Gasteiger partial charge is 0.185 e. The monoisotopic (exact) mass is 367 g/mol. The van der Waals surface area contributed by atoms with Gasteiger partial charge < -0.3 is 14.2 Å². The van der Waals surface area contributed by atoms with Crippen LogP contribution in [0.5, 0.6) is 11.5 Å². The summed E-state index contributed by atoms with van der Waals surface area (Å²) in [5, 5.41) is 0. The zero-order valence-electron chi connectivity index (χ0n) is 15.8. The number of ether oxygens (including phenoxy) is 3. The van der Waals surface area contributed by atoms with Gasteiger partial charge in [-0.1, -0.05) is 24.3 Å². The highest BCUT2D eigenvalue weighted by Crippen LogP contribution is 2.23. The number of nitrogens with zero attached hydrogens (tertiary/aromatic N) is 1. The first-order valence-corrected chi connectivity index (χ1v) is 9.03. The van der Waals surface area contributed by atoms with Crippen molar-refractivity contribution in [2.24, 2.45) is 0 Å². The lowest BCUT2D eigenvalue weighted by Crippen LogP contribution is -2.35. The normalized spacial score (nSPS) is 15.0. The predicted molar refractivity (Wildman–Crippen MR) is 105 cm³/mol. The van der Waals surface area contributed by atoms with E-state index in [0.717, 1.165) is 49.7 Å². The number of ketones is 1. The van der Waals surface area contributed by atoms with Gasteiger partial charge in [-0.25, -0.2) is 0 Å². The first-order valence-electron chi connectivity index (χ1n) is 9.03. The molecule has 27 heavy (non-hydrogen) atoms. The van der Waals surface area contributed by atoms with Gasteiger partial charge in [-0.05, 0) is 35.9 Å². The zero-order chi connectivity index (χ0) is 19.1. The van der Waals surface area contributed by atoms with Gasteiger partial charge in [0.15, 0.2) is 5.78 Å². The van der Waals surface area contributed by atoms with Gasteiger partial charge in [0.05, 0.1) is 27.4 Å². The molecule has 0 amide bonds. The Morgan fingerprint density at radius 2 is 1.93 bits per heavy atom. The molecule has 0 N–H and O–H groups in total. The highest BCUT2D eigenvalue weighted by molar-refractivity contribution is 6.07. The van der Waals surface area contributed by atoms with E-state index in [1.165, 1.54) is 0 Å². The third-order valence-corrected chi connectivity index (χ3v) is 4.58. The van der Waals surface area contributed by atoms with Crippen molar-refractivity contribution in [2.45, 2.75) is 6.54 Å². The van der Waals surface area contributed by atoms with E-state index in [2.05, 4.69) is 11.0 Å². The quantitative estimate of drug-likeness (QED) is 0.554. The Morgan fingerprint density at radius 3 is 2.67 bits per heavy atom. The number of hydrogen-bond acceptors (Lipinski definition) is 5. The molecule has 0 spiro atoms. The second-order valence-electron chi connectivity index (χ2n) is 6.39. The molecule has 0 bridgehead atoms. The first kappa shape index (κ1) is 19.1. The second kappa shape index (κ2) is 9.35. The van der Waals surface area contributed by atoms with Crippen LogP contribution in [0, 0.1) is 0 Å². The summed E-state index contributed by atoms with van der Waals surface area (Å²) in [5.41, 5.74) is 2.68. The van der Waals surface area contributed by atoms with Crippen LogP contribution in [0.4, 0.5) is 0 Å². The number of carbonyl (C=O) groups is 1. The van der Waals surface area contributed by atoms with E-state index in [9.17, 15) is 4.79 Å². The average Bonchev–Trinajstić information content (AvgIpc) is 2.73. The second-order valence-corrected chi connectivity index (χ2v) is 6.39. The Kier molecular flexibility index (Phi) is 6.63. The summed E-state index contributed by atoms with van der Waals surface area (Å²) in [6.07, 6.45) is 3.43. The topological polar surface area (TPSA) is 48.0 Å². The summed E-state index contributed by atoms with van der Waals surface area (Å²) in [4.78, 5) is 14.8. The van der Waals surface area contributed by atoms with Gasteiger partial charge in [-0.2, -0.15) is 0 Å². The van der Waals surface area contributed by atoms with E-state index >= 15 is 0 Å². The average molecular weight is 367 g/mol. The van der Waals surface area contributed by atoms with Gasteiger partial charge in [0.25, 0.3) is 0 Å². The van der Waals surface area contributed by atoms with Gasteiger partial charge in [0.1, 0.15) is 11.5 Å². The molecule has 1 fully saturated rings. The van der Waals surface area contributed by atoms with Crippen molar-refractivity contribution < 1.29 is 19.0 Å². The molecular formula is C22H25NO4. The third-order valence-electron chi connectivity index (χ3n) is 4.58. The fraction of sp³-hybridized carbons (Fsp3) is 0.318. The van der Waals surface area contributed by atoms with E-state index in [-0.39, 0.29) is 5.78 Å². The van der Waals surface area contributed by atoms with E-state index < -0.39 is 0 Å². The minimum Gasteiger partial charge on any atom is -0.497 e. The number of benzene rings is 2. The van der Waals surface area contributed by atoms with Crippen LogP contribution < -0.4 is 9.47 Å². The molecular weight excluding hydrogens is 342 g/mol. The molecule has 0 aromatic heterocycles. The first-order chi connectivity index (χ1) is 13.2. The molecule has 1 saturated heterocycles. The molecule has 0 saturated carbocycles. The van der Waals surface area contributed by atoms with Gasteiger partial charge in [-0.15, -0.1) is 0 Å². The van der Waals surface area contributed by atoms with Crippen LogP contribution in [-0.2, 0) is 11.3 Å². The summed E-state index contributed by atoms with van der Waals surface area (Å²) < 4.78 is 16.1. The Labute approximate surface area is 160 Å². The lowest BCUT2D eigenvalue weighted by Gasteiger charge is -2.27. The minimum absolute atomic E-state index is 0.0561. The Hall–Kier alpha value is -2.63. The molecule has 5 heteroatoms. The maximum absolute atomic E-state index is 12.4. The lowest BCUT2D eigenvalue weighted by atomic mass is 10.1.